The summed E-state index contributed by atoms with van der Waals surface area (Å²) in [7, 11) is 0. The molecule has 1 aromatic carbocycles. The largest absolute Gasteiger partial charge is 0.369 e. The molecule has 124 valence electrons. The molecule has 3 N–H and O–H groups in total. The van der Waals surface area contributed by atoms with E-state index in [1.807, 2.05) is 50.1 Å². The number of rotatable bonds is 3. The number of carbonyl (C=O) groups is 1. The number of fused-ring (bicyclic) bond motifs is 1. The molecule has 0 bridgehead atoms. The molecule has 2 aromatic rings. The third-order valence-corrected chi connectivity index (χ3v) is 4.31. The Labute approximate surface area is 136 Å². The van der Waals surface area contributed by atoms with Crippen LogP contribution in [0, 0.1) is 0 Å². The van der Waals surface area contributed by atoms with Crippen molar-refractivity contribution in [1.82, 2.24) is 9.88 Å². The summed E-state index contributed by atoms with van der Waals surface area (Å²) >= 11 is 0. The molecule has 1 aliphatic heterocycles. The van der Waals surface area contributed by atoms with Crippen molar-refractivity contribution in [3.05, 3.63) is 36.0 Å². The molecule has 1 aliphatic rings. The number of morpholine rings is 1. The summed E-state index contributed by atoms with van der Waals surface area (Å²) in [6, 6.07) is 7.54. The second-order valence-electron chi connectivity index (χ2n) is 7.08. The van der Waals surface area contributed by atoms with E-state index in [0.717, 1.165) is 16.5 Å². The minimum absolute atomic E-state index is 0.00138. The molecule has 0 saturated carbocycles. The first kappa shape index (κ1) is 16.0. The van der Waals surface area contributed by atoms with Gasteiger partial charge in [-0.3, -0.25) is 4.79 Å². The Bertz CT molecular complexity index is 707. The number of aromatic nitrogens is 1. The fraction of sp³-hybridized carbons (Fsp3) is 0.500. The minimum Gasteiger partial charge on any atom is -0.369 e. The molecular weight excluding hydrogens is 290 g/mol. The van der Waals surface area contributed by atoms with Crippen LogP contribution < -0.4 is 5.73 Å². The second-order valence-corrected chi connectivity index (χ2v) is 7.08. The van der Waals surface area contributed by atoms with Crippen LogP contribution in [-0.2, 0) is 16.0 Å². The fourth-order valence-electron chi connectivity index (χ4n) is 3.48. The van der Waals surface area contributed by atoms with E-state index in [2.05, 4.69) is 11.1 Å². The zero-order valence-electron chi connectivity index (χ0n) is 14.0. The average Bonchev–Trinajstić information content (AvgIpc) is 2.87. The van der Waals surface area contributed by atoms with Crippen molar-refractivity contribution < 1.29 is 9.53 Å². The minimum atomic E-state index is -0.532. The standard InChI is InChI=1S/C18H25N3O2/c1-12-10-21(11-18(2,3)23-12)17(22)15(19)8-13-9-20-16-7-5-4-6-14(13)16/h4-7,9,12,15,20H,8,10-11,19H2,1-3H3/t12?,15-/m0/s1. The van der Waals surface area contributed by atoms with Crippen LogP contribution >= 0.6 is 0 Å². The lowest BCUT2D eigenvalue weighted by Gasteiger charge is -2.42. The van der Waals surface area contributed by atoms with Crippen molar-refractivity contribution in [3.63, 3.8) is 0 Å². The van der Waals surface area contributed by atoms with Crippen LogP contribution in [0.25, 0.3) is 10.9 Å². The molecule has 2 atom stereocenters. The molecule has 5 heteroatoms. The van der Waals surface area contributed by atoms with Gasteiger partial charge in [0.25, 0.3) is 0 Å². The molecular formula is C18H25N3O2. The van der Waals surface area contributed by atoms with E-state index in [1.54, 1.807) is 0 Å². The van der Waals surface area contributed by atoms with Crippen LogP contribution in [0.5, 0.6) is 0 Å². The first-order valence-corrected chi connectivity index (χ1v) is 8.13. The molecule has 23 heavy (non-hydrogen) atoms. The maximum atomic E-state index is 12.7. The van der Waals surface area contributed by atoms with Crippen molar-refractivity contribution in [3.8, 4) is 0 Å². The Kier molecular flexibility index (Phi) is 4.17. The highest BCUT2D eigenvalue weighted by Crippen LogP contribution is 2.23. The van der Waals surface area contributed by atoms with Crippen LogP contribution in [-0.4, -0.2) is 46.6 Å². The summed E-state index contributed by atoms with van der Waals surface area (Å²) < 4.78 is 5.86. The highest BCUT2D eigenvalue weighted by atomic mass is 16.5. The molecule has 0 spiro atoms. The van der Waals surface area contributed by atoms with Gasteiger partial charge in [0.2, 0.25) is 5.91 Å². The molecule has 1 aromatic heterocycles. The van der Waals surface area contributed by atoms with E-state index in [0.29, 0.717) is 19.5 Å². The number of nitrogens with zero attached hydrogens (tertiary/aromatic N) is 1. The first-order valence-electron chi connectivity index (χ1n) is 8.13. The SMILES string of the molecule is CC1CN(C(=O)[C@@H](N)Cc2c[nH]c3ccccc23)CC(C)(C)O1. The number of nitrogens with one attached hydrogen (secondary N) is 1. The summed E-state index contributed by atoms with van der Waals surface area (Å²) in [5, 5.41) is 1.13. The Morgan fingerprint density at radius 1 is 1.48 bits per heavy atom. The number of para-hydroxylation sites is 1. The van der Waals surface area contributed by atoms with Crippen molar-refractivity contribution in [2.75, 3.05) is 13.1 Å². The number of hydrogen-bond donors (Lipinski definition) is 2. The van der Waals surface area contributed by atoms with Gasteiger partial charge >= 0.3 is 0 Å². The molecule has 5 nitrogen and oxygen atoms in total. The van der Waals surface area contributed by atoms with Gasteiger partial charge in [0.05, 0.1) is 17.7 Å². The molecule has 2 heterocycles. The van der Waals surface area contributed by atoms with Gasteiger partial charge in [-0.2, -0.15) is 0 Å². The molecule has 1 amide bonds. The van der Waals surface area contributed by atoms with E-state index in [-0.39, 0.29) is 17.6 Å². The maximum absolute atomic E-state index is 12.7. The second kappa shape index (κ2) is 5.98. The lowest BCUT2D eigenvalue weighted by molar-refractivity contribution is -0.159. The van der Waals surface area contributed by atoms with Gasteiger partial charge in [-0.05, 0) is 38.8 Å². The summed E-state index contributed by atoms with van der Waals surface area (Å²) in [6.45, 7) is 7.19. The van der Waals surface area contributed by atoms with E-state index in [4.69, 9.17) is 10.5 Å². The Morgan fingerprint density at radius 3 is 2.96 bits per heavy atom. The van der Waals surface area contributed by atoms with Crippen molar-refractivity contribution in [1.29, 1.82) is 0 Å². The quantitative estimate of drug-likeness (QED) is 0.911. The van der Waals surface area contributed by atoms with Crippen molar-refractivity contribution in [2.45, 2.75) is 44.9 Å². The molecule has 1 fully saturated rings. The van der Waals surface area contributed by atoms with Gasteiger partial charge in [-0.15, -0.1) is 0 Å². The number of benzene rings is 1. The number of aromatic amines is 1. The number of carbonyl (C=O) groups excluding carboxylic acids is 1. The maximum Gasteiger partial charge on any atom is 0.240 e. The molecule has 1 unspecified atom stereocenters. The number of H-pyrrole nitrogens is 1. The predicted molar refractivity (Wildman–Crippen MR) is 91.2 cm³/mol. The summed E-state index contributed by atoms with van der Waals surface area (Å²) in [5.41, 5.74) is 8.05. The van der Waals surface area contributed by atoms with Crippen LogP contribution in [0.3, 0.4) is 0 Å². The van der Waals surface area contributed by atoms with E-state index in [1.165, 1.54) is 0 Å². The van der Waals surface area contributed by atoms with Crippen LogP contribution in [0.2, 0.25) is 0 Å². The highest BCUT2D eigenvalue weighted by Gasteiger charge is 2.35. The number of ether oxygens (including phenoxy) is 1. The number of amides is 1. The molecule has 3 rings (SSSR count). The van der Waals surface area contributed by atoms with Gasteiger partial charge in [-0.25, -0.2) is 0 Å². The molecule has 0 radical (unpaired) electrons. The van der Waals surface area contributed by atoms with Gasteiger partial charge in [0, 0.05) is 30.2 Å². The lowest BCUT2D eigenvalue weighted by atomic mass is 10.0. The van der Waals surface area contributed by atoms with Gasteiger partial charge < -0.3 is 20.4 Å². The van der Waals surface area contributed by atoms with Gasteiger partial charge in [-0.1, -0.05) is 18.2 Å². The van der Waals surface area contributed by atoms with Crippen molar-refractivity contribution in [2.24, 2.45) is 5.73 Å². The highest BCUT2D eigenvalue weighted by molar-refractivity contribution is 5.86. The lowest BCUT2D eigenvalue weighted by Crippen LogP contribution is -2.57. The topological polar surface area (TPSA) is 71.3 Å². The van der Waals surface area contributed by atoms with Crippen LogP contribution in [0.1, 0.15) is 26.3 Å². The monoisotopic (exact) mass is 315 g/mol. The fourth-order valence-corrected chi connectivity index (χ4v) is 3.48. The van der Waals surface area contributed by atoms with Gasteiger partial charge in [0.15, 0.2) is 0 Å². The number of hydrogen-bond acceptors (Lipinski definition) is 3. The summed E-state index contributed by atoms with van der Waals surface area (Å²) in [4.78, 5) is 17.8. The summed E-state index contributed by atoms with van der Waals surface area (Å²) in [6.07, 6.45) is 2.52. The zero-order chi connectivity index (χ0) is 16.6. The van der Waals surface area contributed by atoms with E-state index >= 15 is 0 Å². The zero-order valence-corrected chi connectivity index (χ0v) is 14.0. The Morgan fingerprint density at radius 2 is 2.22 bits per heavy atom. The normalized spacial score (nSPS) is 22.3. The smallest absolute Gasteiger partial charge is 0.240 e. The average molecular weight is 315 g/mol. The summed E-state index contributed by atoms with van der Waals surface area (Å²) in [5.74, 6) is -0.00138. The van der Waals surface area contributed by atoms with Crippen molar-refractivity contribution >= 4 is 16.8 Å². The Hall–Kier alpha value is -1.85. The predicted octanol–water partition coefficient (Wildman–Crippen LogP) is 2.06. The van der Waals surface area contributed by atoms with Crippen LogP contribution in [0.15, 0.2) is 30.5 Å². The molecule has 1 saturated heterocycles. The number of nitrogens with two attached hydrogens (primary N) is 1. The van der Waals surface area contributed by atoms with Gasteiger partial charge in [0.1, 0.15) is 0 Å². The first-order chi connectivity index (χ1) is 10.9. The Balaban J connectivity index is 1.72. The molecule has 0 aliphatic carbocycles. The third-order valence-electron chi connectivity index (χ3n) is 4.31. The third kappa shape index (κ3) is 3.41. The van der Waals surface area contributed by atoms with E-state index in [9.17, 15) is 4.79 Å². The van der Waals surface area contributed by atoms with Crippen LogP contribution in [0.4, 0.5) is 0 Å². The van der Waals surface area contributed by atoms with E-state index < -0.39 is 6.04 Å².